The molecule has 1 heteroatoms. The average molecular weight is 233 g/mol. The predicted octanol–water partition coefficient (Wildman–Crippen LogP) is 4.23. The normalized spacial score (nSPS) is 23.9. The van der Waals surface area contributed by atoms with E-state index in [2.05, 4.69) is 57.8 Å². The van der Waals surface area contributed by atoms with Gasteiger partial charge in [0.1, 0.15) is 0 Å². The molecule has 0 saturated heterocycles. The van der Waals surface area contributed by atoms with Gasteiger partial charge in [-0.05, 0) is 38.6 Å². The number of hydrogen-bond donors (Lipinski definition) is 1. The minimum Gasteiger partial charge on any atom is -0.308 e. The number of rotatable bonds is 6. The second-order valence-corrected chi connectivity index (χ2v) is 5.58. The Hall–Kier alpha value is -0.820. The number of likely N-dealkylation sites (N-methyl/N-ethyl adjacent to an activating group) is 1. The molecule has 0 aliphatic heterocycles. The molecule has 0 fully saturated rings. The van der Waals surface area contributed by atoms with Crippen LogP contribution in [-0.4, -0.2) is 12.1 Å². The summed E-state index contributed by atoms with van der Waals surface area (Å²) in [5.74, 6) is 0.607. The Labute approximate surface area is 107 Å². The van der Waals surface area contributed by atoms with Crippen molar-refractivity contribution in [2.45, 2.75) is 52.5 Å². The van der Waals surface area contributed by atoms with Crippen molar-refractivity contribution in [3.63, 3.8) is 0 Å². The fourth-order valence-corrected chi connectivity index (χ4v) is 2.08. The van der Waals surface area contributed by atoms with E-state index >= 15 is 0 Å². The van der Waals surface area contributed by atoms with Crippen LogP contribution in [0.5, 0.6) is 0 Å². The highest BCUT2D eigenvalue weighted by Crippen LogP contribution is 2.25. The van der Waals surface area contributed by atoms with E-state index in [0.717, 1.165) is 25.8 Å². The molecule has 0 amide bonds. The van der Waals surface area contributed by atoms with Gasteiger partial charge in [0.05, 0.1) is 0 Å². The number of nitrogens with one attached hydrogen (secondary N) is 1. The molecule has 1 nitrogen and oxygen atoms in total. The summed E-state index contributed by atoms with van der Waals surface area (Å²) >= 11 is 0. The molecule has 1 rings (SSSR count). The van der Waals surface area contributed by atoms with E-state index in [9.17, 15) is 0 Å². The molecule has 0 radical (unpaired) electrons. The second-order valence-electron chi connectivity index (χ2n) is 5.58. The molecule has 1 aliphatic carbocycles. The van der Waals surface area contributed by atoms with E-state index in [0.29, 0.717) is 5.92 Å². The van der Waals surface area contributed by atoms with Gasteiger partial charge in [0.2, 0.25) is 0 Å². The summed E-state index contributed by atoms with van der Waals surface area (Å²) in [5.41, 5.74) is 2.98. The number of allylic oxidation sites excluding steroid dienone is 3. The third-order valence-corrected chi connectivity index (χ3v) is 3.59. The van der Waals surface area contributed by atoms with Crippen LogP contribution in [0.25, 0.3) is 0 Å². The van der Waals surface area contributed by atoms with Crippen molar-refractivity contribution >= 4 is 0 Å². The molecule has 0 saturated carbocycles. The summed E-state index contributed by atoms with van der Waals surface area (Å²) in [6, 6.07) is 0. The van der Waals surface area contributed by atoms with Crippen LogP contribution in [0.1, 0.15) is 47.0 Å². The summed E-state index contributed by atoms with van der Waals surface area (Å²) in [5, 5.41) is 3.52. The van der Waals surface area contributed by atoms with Crippen LogP contribution in [-0.2, 0) is 0 Å². The van der Waals surface area contributed by atoms with E-state index in [1.165, 1.54) is 11.1 Å². The Morgan fingerprint density at radius 1 is 1.53 bits per heavy atom. The lowest BCUT2D eigenvalue weighted by atomic mass is 9.88. The third kappa shape index (κ3) is 4.51. The predicted molar refractivity (Wildman–Crippen MR) is 77.1 cm³/mol. The fraction of sp³-hybridized carbons (Fsp3) is 0.625. The highest BCUT2D eigenvalue weighted by Gasteiger charge is 2.20. The molecular weight excluding hydrogens is 206 g/mol. The van der Waals surface area contributed by atoms with Crippen molar-refractivity contribution in [2.24, 2.45) is 5.92 Å². The number of hydrogen-bond acceptors (Lipinski definition) is 1. The Balaban J connectivity index is 2.43. The van der Waals surface area contributed by atoms with Crippen molar-refractivity contribution in [2.75, 3.05) is 6.54 Å². The van der Waals surface area contributed by atoms with Crippen LogP contribution < -0.4 is 5.32 Å². The van der Waals surface area contributed by atoms with E-state index in [1.807, 2.05) is 0 Å². The summed E-state index contributed by atoms with van der Waals surface area (Å²) in [6.07, 6.45) is 10.3. The third-order valence-electron chi connectivity index (χ3n) is 3.59. The smallest absolute Gasteiger partial charge is 0.0373 e. The molecule has 96 valence electrons. The van der Waals surface area contributed by atoms with Gasteiger partial charge >= 0.3 is 0 Å². The zero-order chi connectivity index (χ0) is 12.9. The van der Waals surface area contributed by atoms with Crippen molar-refractivity contribution < 1.29 is 0 Å². The first kappa shape index (κ1) is 14.2. The van der Waals surface area contributed by atoms with E-state index in [4.69, 9.17) is 0 Å². The van der Waals surface area contributed by atoms with E-state index < -0.39 is 0 Å². The highest BCUT2D eigenvalue weighted by molar-refractivity contribution is 5.29. The van der Waals surface area contributed by atoms with Crippen molar-refractivity contribution in [3.8, 4) is 0 Å². The lowest BCUT2D eigenvalue weighted by Gasteiger charge is -2.29. The summed E-state index contributed by atoms with van der Waals surface area (Å²) in [6.45, 7) is 14.0. The first-order chi connectivity index (χ1) is 7.97. The molecule has 0 bridgehead atoms. The van der Waals surface area contributed by atoms with Gasteiger partial charge in [-0.2, -0.15) is 0 Å². The molecule has 1 N–H and O–H groups in total. The summed E-state index contributed by atoms with van der Waals surface area (Å²) in [7, 11) is 0. The maximum Gasteiger partial charge on any atom is 0.0373 e. The minimum atomic E-state index is 0.160. The molecule has 0 aromatic heterocycles. The van der Waals surface area contributed by atoms with Gasteiger partial charge in [0, 0.05) is 5.54 Å². The first-order valence-electron chi connectivity index (χ1n) is 6.78. The molecule has 0 spiro atoms. The Kier molecular flexibility index (Phi) is 5.20. The highest BCUT2D eigenvalue weighted by atomic mass is 14.9. The summed E-state index contributed by atoms with van der Waals surface area (Å²) in [4.78, 5) is 0. The Morgan fingerprint density at radius 3 is 2.71 bits per heavy atom. The van der Waals surface area contributed by atoms with E-state index in [1.54, 1.807) is 0 Å². The molecule has 0 heterocycles. The quantitative estimate of drug-likeness (QED) is 0.677. The van der Waals surface area contributed by atoms with Gasteiger partial charge in [-0.1, -0.05) is 56.7 Å². The van der Waals surface area contributed by atoms with Crippen LogP contribution in [0.2, 0.25) is 0 Å². The lowest BCUT2D eigenvalue weighted by molar-refractivity contribution is 0.448. The summed E-state index contributed by atoms with van der Waals surface area (Å²) < 4.78 is 0. The average Bonchev–Trinajstić information content (AvgIpc) is 2.28. The molecule has 0 aromatic rings. The van der Waals surface area contributed by atoms with Crippen LogP contribution in [0.15, 0.2) is 36.0 Å². The molecule has 17 heavy (non-hydrogen) atoms. The van der Waals surface area contributed by atoms with Gasteiger partial charge in [-0.15, -0.1) is 0 Å². The Bertz CT molecular complexity index is 322. The van der Waals surface area contributed by atoms with Crippen molar-refractivity contribution in [1.29, 1.82) is 0 Å². The zero-order valence-electron chi connectivity index (χ0n) is 11.8. The van der Waals surface area contributed by atoms with E-state index in [-0.39, 0.29) is 5.54 Å². The lowest BCUT2D eigenvalue weighted by Crippen LogP contribution is -2.40. The van der Waals surface area contributed by atoms with Gasteiger partial charge in [-0.25, -0.2) is 0 Å². The van der Waals surface area contributed by atoms with Crippen LogP contribution in [0.3, 0.4) is 0 Å². The van der Waals surface area contributed by atoms with Gasteiger partial charge < -0.3 is 5.32 Å². The largest absolute Gasteiger partial charge is 0.308 e. The van der Waals surface area contributed by atoms with Gasteiger partial charge in [-0.3, -0.25) is 0 Å². The molecular formula is C16H27N. The minimum absolute atomic E-state index is 0.160. The zero-order valence-corrected chi connectivity index (χ0v) is 11.8. The molecule has 0 aromatic carbocycles. The van der Waals surface area contributed by atoms with Crippen molar-refractivity contribution in [3.05, 3.63) is 36.0 Å². The topological polar surface area (TPSA) is 12.0 Å². The van der Waals surface area contributed by atoms with Crippen molar-refractivity contribution in [1.82, 2.24) is 5.32 Å². The standard InChI is InChI=1S/C16H27N/c1-6-17-16(5)11-9-15(10-12-16)8-7-14(4)13(2)3/h9-11,13,17H,4,6-8,12H2,1-3,5H3. The van der Waals surface area contributed by atoms with Gasteiger partial charge in [0.25, 0.3) is 0 Å². The SMILES string of the molecule is C=C(CCC1=CCC(C)(NCC)C=C1)C(C)C. The molecule has 1 aliphatic rings. The maximum absolute atomic E-state index is 4.13. The van der Waals surface area contributed by atoms with Gasteiger partial charge in [0.15, 0.2) is 0 Å². The van der Waals surface area contributed by atoms with Crippen LogP contribution in [0.4, 0.5) is 0 Å². The maximum atomic E-state index is 4.13. The monoisotopic (exact) mass is 233 g/mol. The fourth-order valence-electron chi connectivity index (χ4n) is 2.08. The second kappa shape index (κ2) is 6.20. The molecule has 1 atom stereocenters. The Morgan fingerprint density at radius 2 is 2.24 bits per heavy atom. The molecule has 1 unspecified atom stereocenters. The first-order valence-corrected chi connectivity index (χ1v) is 6.78. The van der Waals surface area contributed by atoms with Crippen LogP contribution >= 0.6 is 0 Å². The van der Waals surface area contributed by atoms with Crippen LogP contribution in [0, 0.1) is 5.92 Å².